The second kappa shape index (κ2) is 5.37. The molecule has 96 valence electrons. The first-order chi connectivity index (χ1) is 9.20. The van der Waals surface area contributed by atoms with Crippen molar-refractivity contribution in [2.75, 3.05) is 5.32 Å². The molecular weight excluding hydrogens is 299 g/mol. The van der Waals surface area contributed by atoms with Crippen molar-refractivity contribution in [2.45, 2.75) is 6.54 Å². The van der Waals surface area contributed by atoms with E-state index in [1.54, 1.807) is 11.3 Å². The zero-order valence-corrected chi connectivity index (χ0v) is 12.2. The summed E-state index contributed by atoms with van der Waals surface area (Å²) in [5.74, 6) is 0. The van der Waals surface area contributed by atoms with Gasteiger partial charge in [-0.05, 0) is 35.9 Å². The van der Waals surface area contributed by atoms with E-state index < -0.39 is 0 Å². The lowest BCUT2D eigenvalue weighted by atomic mass is 10.2. The van der Waals surface area contributed by atoms with E-state index in [1.807, 2.05) is 42.5 Å². The van der Waals surface area contributed by atoms with E-state index >= 15 is 0 Å². The number of aromatic nitrogens is 1. The molecule has 0 saturated carbocycles. The number of hydrogen-bond acceptors (Lipinski definition) is 3. The van der Waals surface area contributed by atoms with Gasteiger partial charge in [0.15, 0.2) is 5.13 Å². The maximum Gasteiger partial charge on any atom is 0.184 e. The Kier molecular flexibility index (Phi) is 3.60. The molecule has 0 atom stereocenters. The van der Waals surface area contributed by atoms with E-state index in [2.05, 4.69) is 10.3 Å². The zero-order valence-electron chi connectivity index (χ0n) is 9.86. The summed E-state index contributed by atoms with van der Waals surface area (Å²) >= 11 is 13.5. The lowest BCUT2D eigenvalue weighted by molar-refractivity contribution is 1.14. The molecule has 0 amide bonds. The Morgan fingerprint density at radius 2 is 1.89 bits per heavy atom. The predicted octanol–water partition coefficient (Wildman–Crippen LogP) is 5.22. The van der Waals surface area contributed by atoms with Crippen molar-refractivity contribution in [3.05, 3.63) is 58.1 Å². The highest BCUT2D eigenvalue weighted by atomic mass is 35.5. The Bertz CT molecular complexity index is 724. The van der Waals surface area contributed by atoms with E-state index in [9.17, 15) is 0 Å². The highest BCUT2D eigenvalue weighted by molar-refractivity contribution is 7.22. The van der Waals surface area contributed by atoms with Crippen LogP contribution in [0.15, 0.2) is 42.5 Å². The normalized spacial score (nSPS) is 10.8. The summed E-state index contributed by atoms with van der Waals surface area (Å²) in [6.07, 6.45) is 0. The number of rotatable bonds is 3. The molecule has 0 unspecified atom stereocenters. The summed E-state index contributed by atoms with van der Waals surface area (Å²) in [5, 5.41) is 5.67. The van der Waals surface area contributed by atoms with Gasteiger partial charge in [-0.25, -0.2) is 4.98 Å². The number of thiazole rings is 1. The Labute approximate surface area is 125 Å². The monoisotopic (exact) mass is 308 g/mol. The summed E-state index contributed by atoms with van der Waals surface area (Å²) in [6, 6.07) is 13.5. The largest absolute Gasteiger partial charge is 0.357 e. The summed E-state index contributed by atoms with van der Waals surface area (Å²) in [6.45, 7) is 0.702. The molecule has 2 aromatic carbocycles. The van der Waals surface area contributed by atoms with Crippen molar-refractivity contribution in [3.63, 3.8) is 0 Å². The van der Waals surface area contributed by atoms with E-state index in [1.165, 1.54) is 0 Å². The molecule has 19 heavy (non-hydrogen) atoms. The SMILES string of the molecule is Clc1cccc(CNc2nc3ccc(Cl)cc3s2)c1. The third-order valence-electron chi connectivity index (χ3n) is 2.68. The van der Waals surface area contributed by atoms with E-state index in [0.717, 1.165) is 31.0 Å². The van der Waals surface area contributed by atoms with Crippen LogP contribution in [0.3, 0.4) is 0 Å². The van der Waals surface area contributed by atoms with Gasteiger partial charge in [-0.15, -0.1) is 0 Å². The fourth-order valence-electron chi connectivity index (χ4n) is 1.80. The molecule has 1 aromatic heterocycles. The highest BCUT2D eigenvalue weighted by Gasteiger charge is 2.04. The second-order valence-corrected chi connectivity index (χ2v) is 6.02. The predicted molar refractivity (Wildman–Crippen MR) is 83.4 cm³/mol. The van der Waals surface area contributed by atoms with Gasteiger partial charge >= 0.3 is 0 Å². The third kappa shape index (κ3) is 3.00. The van der Waals surface area contributed by atoms with Crippen LogP contribution < -0.4 is 5.32 Å². The van der Waals surface area contributed by atoms with Gasteiger partial charge in [-0.3, -0.25) is 0 Å². The van der Waals surface area contributed by atoms with Gasteiger partial charge < -0.3 is 5.32 Å². The zero-order chi connectivity index (χ0) is 13.2. The first kappa shape index (κ1) is 12.7. The molecule has 0 fully saturated rings. The number of nitrogens with one attached hydrogen (secondary N) is 1. The van der Waals surface area contributed by atoms with Crippen LogP contribution >= 0.6 is 34.5 Å². The van der Waals surface area contributed by atoms with Gasteiger partial charge in [0.2, 0.25) is 0 Å². The molecule has 0 aliphatic heterocycles. The molecule has 0 radical (unpaired) electrons. The van der Waals surface area contributed by atoms with Gasteiger partial charge in [-0.2, -0.15) is 0 Å². The van der Waals surface area contributed by atoms with Crippen molar-refractivity contribution in [3.8, 4) is 0 Å². The number of hydrogen-bond donors (Lipinski definition) is 1. The van der Waals surface area contributed by atoms with Crippen LogP contribution in [-0.4, -0.2) is 4.98 Å². The van der Waals surface area contributed by atoms with Crippen LogP contribution in [0.25, 0.3) is 10.2 Å². The lowest BCUT2D eigenvalue weighted by Gasteiger charge is -2.02. The van der Waals surface area contributed by atoms with Crippen LogP contribution in [-0.2, 0) is 6.54 Å². The molecular formula is C14H10Cl2N2S. The third-order valence-corrected chi connectivity index (χ3v) is 4.13. The molecule has 1 N–H and O–H groups in total. The number of nitrogens with zero attached hydrogens (tertiary/aromatic N) is 1. The van der Waals surface area contributed by atoms with Crippen molar-refractivity contribution in [1.82, 2.24) is 4.98 Å². The summed E-state index contributed by atoms with van der Waals surface area (Å²) in [4.78, 5) is 4.51. The smallest absolute Gasteiger partial charge is 0.184 e. The molecule has 3 aromatic rings. The Hall–Kier alpha value is -1.29. The molecule has 0 aliphatic carbocycles. The van der Waals surface area contributed by atoms with Crippen molar-refractivity contribution in [1.29, 1.82) is 0 Å². The minimum atomic E-state index is 0.702. The molecule has 1 heterocycles. The number of benzene rings is 2. The van der Waals surface area contributed by atoms with E-state index in [4.69, 9.17) is 23.2 Å². The molecule has 5 heteroatoms. The fourth-order valence-corrected chi connectivity index (χ4v) is 3.15. The minimum absolute atomic E-state index is 0.702. The maximum atomic E-state index is 5.96. The second-order valence-electron chi connectivity index (χ2n) is 4.11. The maximum absolute atomic E-state index is 5.96. The number of anilines is 1. The Morgan fingerprint density at radius 3 is 2.74 bits per heavy atom. The summed E-state index contributed by atoms with van der Waals surface area (Å²) in [7, 11) is 0. The highest BCUT2D eigenvalue weighted by Crippen LogP contribution is 2.28. The first-order valence-corrected chi connectivity index (χ1v) is 7.32. The number of fused-ring (bicyclic) bond motifs is 1. The molecule has 2 nitrogen and oxygen atoms in total. The lowest BCUT2D eigenvalue weighted by Crippen LogP contribution is -1.98. The Balaban J connectivity index is 1.78. The van der Waals surface area contributed by atoms with Gasteiger partial charge in [0.1, 0.15) is 0 Å². The average molecular weight is 309 g/mol. The Morgan fingerprint density at radius 1 is 1.05 bits per heavy atom. The van der Waals surface area contributed by atoms with Gasteiger partial charge in [-0.1, -0.05) is 46.7 Å². The van der Waals surface area contributed by atoms with Crippen molar-refractivity contribution < 1.29 is 0 Å². The van der Waals surface area contributed by atoms with Gasteiger partial charge in [0.05, 0.1) is 10.2 Å². The minimum Gasteiger partial charge on any atom is -0.357 e. The van der Waals surface area contributed by atoms with Crippen LogP contribution in [0.1, 0.15) is 5.56 Å². The standard InChI is InChI=1S/C14H10Cl2N2S/c15-10-3-1-2-9(6-10)8-17-14-18-12-5-4-11(16)7-13(12)19-14/h1-7H,8H2,(H,17,18). The van der Waals surface area contributed by atoms with Crippen LogP contribution in [0.5, 0.6) is 0 Å². The molecule has 3 rings (SSSR count). The van der Waals surface area contributed by atoms with Gasteiger partial charge in [0, 0.05) is 16.6 Å². The summed E-state index contributed by atoms with van der Waals surface area (Å²) in [5.41, 5.74) is 2.09. The van der Waals surface area contributed by atoms with Crippen molar-refractivity contribution >= 4 is 49.9 Å². The first-order valence-electron chi connectivity index (χ1n) is 5.75. The topological polar surface area (TPSA) is 24.9 Å². The molecule has 0 bridgehead atoms. The quantitative estimate of drug-likeness (QED) is 0.718. The molecule has 0 aliphatic rings. The van der Waals surface area contributed by atoms with E-state index in [-0.39, 0.29) is 0 Å². The van der Waals surface area contributed by atoms with E-state index in [0.29, 0.717) is 6.54 Å². The summed E-state index contributed by atoms with van der Waals surface area (Å²) < 4.78 is 1.08. The van der Waals surface area contributed by atoms with Crippen molar-refractivity contribution in [2.24, 2.45) is 0 Å². The van der Waals surface area contributed by atoms with Crippen LogP contribution in [0.4, 0.5) is 5.13 Å². The fraction of sp³-hybridized carbons (Fsp3) is 0.0714. The average Bonchev–Trinajstić information content (AvgIpc) is 2.78. The number of halogens is 2. The van der Waals surface area contributed by atoms with Gasteiger partial charge in [0.25, 0.3) is 0 Å². The molecule has 0 saturated heterocycles. The molecule has 0 spiro atoms. The van der Waals surface area contributed by atoms with Crippen LogP contribution in [0.2, 0.25) is 10.0 Å². The van der Waals surface area contributed by atoms with Crippen LogP contribution in [0, 0.1) is 0 Å².